The fraction of sp³-hybridized carbons (Fsp3) is 0.571. The Morgan fingerprint density at radius 2 is 2.11 bits per heavy atom. The average molecular weight is 272 g/mol. The van der Waals surface area contributed by atoms with E-state index in [0.717, 1.165) is 19.3 Å². The summed E-state index contributed by atoms with van der Waals surface area (Å²) in [4.78, 5) is 0. The van der Waals surface area contributed by atoms with Crippen molar-refractivity contribution in [2.45, 2.75) is 45.3 Å². The third-order valence-electron chi connectivity index (χ3n) is 4.34. The first-order chi connectivity index (χ1) is 8.55. The summed E-state index contributed by atoms with van der Waals surface area (Å²) in [6.07, 6.45) is 2.58. The number of nitrogens with two attached hydrogens (primary N) is 1. The Morgan fingerprint density at radius 1 is 1.44 bits per heavy atom. The molecule has 1 aliphatic rings. The van der Waals surface area contributed by atoms with E-state index in [1.54, 1.807) is 12.1 Å². The van der Waals surface area contributed by atoms with Gasteiger partial charge < -0.3 is 10.5 Å². The van der Waals surface area contributed by atoms with Crippen LogP contribution in [-0.4, -0.2) is 12.1 Å². The molecule has 0 radical (unpaired) electrons. The lowest BCUT2D eigenvalue weighted by atomic mass is 9.59. The predicted octanol–water partition coefficient (Wildman–Crippen LogP) is 3.76. The smallest absolute Gasteiger partial charge is 0.173 e. The minimum Gasteiger partial charge on any atom is -0.485 e. The lowest BCUT2D eigenvalue weighted by Crippen LogP contribution is -2.63. The molecule has 0 amide bonds. The molecule has 0 saturated heterocycles. The second-order valence-electron chi connectivity index (χ2n) is 4.94. The Bertz CT molecular complexity index is 414. The number of halogens is 2. The van der Waals surface area contributed by atoms with E-state index in [0.29, 0.717) is 5.02 Å². The van der Waals surface area contributed by atoms with Gasteiger partial charge in [0, 0.05) is 17.9 Å². The van der Waals surface area contributed by atoms with E-state index in [4.69, 9.17) is 22.1 Å². The predicted molar refractivity (Wildman–Crippen MR) is 71.4 cm³/mol. The van der Waals surface area contributed by atoms with Crippen LogP contribution in [0.4, 0.5) is 4.39 Å². The van der Waals surface area contributed by atoms with Gasteiger partial charge in [0.1, 0.15) is 6.10 Å². The second kappa shape index (κ2) is 5.06. The summed E-state index contributed by atoms with van der Waals surface area (Å²) in [5.41, 5.74) is 6.04. The zero-order chi connectivity index (χ0) is 13.3. The zero-order valence-electron chi connectivity index (χ0n) is 10.7. The Hall–Kier alpha value is -0.800. The number of rotatable bonds is 4. The molecule has 0 heterocycles. The second-order valence-corrected chi connectivity index (χ2v) is 5.35. The van der Waals surface area contributed by atoms with Crippen molar-refractivity contribution in [3.05, 3.63) is 29.0 Å². The normalized spacial score (nSPS) is 25.6. The van der Waals surface area contributed by atoms with Crippen LogP contribution in [0.1, 0.15) is 33.1 Å². The Morgan fingerprint density at radius 3 is 2.61 bits per heavy atom. The van der Waals surface area contributed by atoms with Gasteiger partial charge in [-0.1, -0.05) is 31.5 Å². The highest BCUT2D eigenvalue weighted by Crippen LogP contribution is 2.48. The molecule has 4 heteroatoms. The van der Waals surface area contributed by atoms with Crippen molar-refractivity contribution >= 4 is 11.6 Å². The average Bonchev–Trinajstić information content (AvgIpc) is 2.34. The maximum absolute atomic E-state index is 13.7. The molecule has 0 spiro atoms. The van der Waals surface area contributed by atoms with Crippen molar-refractivity contribution < 1.29 is 9.13 Å². The first kappa shape index (κ1) is 13.6. The van der Waals surface area contributed by atoms with Crippen molar-refractivity contribution in [2.75, 3.05) is 0 Å². The van der Waals surface area contributed by atoms with Crippen LogP contribution in [0.25, 0.3) is 0 Å². The Labute approximate surface area is 112 Å². The van der Waals surface area contributed by atoms with E-state index in [1.165, 1.54) is 6.07 Å². The van der Waals surface area contributed by atoms with E-state index in [9.17, 15) is 4.39 Å². The van der Waals surface area contributed by atoms with Crippen molar-refractivity contribution in [3.8, 4) is 5.75 Å². The van der Waals surface area contributed by atoms with Crippen molar-refractivity contribution in [1.29, 1.82) is 0 Å². The van der Waals surface area contributed by atoms with Gasteiger partial charge in [0.05, 0.1) is 5.02 Å². The molecular weight excluding hydrogens is 253 g/mol. The van der Waals surface area contributed by atoms with Crippen LogP contribution < -0.4 is 10.5 Å². The summed E-state index contributed by atoms with van der Waals surface area (Å²) in [6.45, 7) is 4.20. The highest BCUT2D eigenvalue weighted by molar-refractivity contribution is 6.32. The quantitative estimate of drug-likeness (QED) is 0.905. The van der Waals surface area contributed by atoms with Gasteiger partial charge in [0.15, 0.2) is 11.6 Å². The number of ether oxygens (including phenoxy) is 1. The molecule has 2 atom stereocenters. The molecule has 1 fully saturated rings. The number of benzene rings is 1. The van der Waals surface area contributed by atoms with Gasteiger partial charge in [-0.15, -0.1) is 0 Å². The SMILES string of the molecule is CCC1(CC)C(N)CC1Oc1c(F)cccc1Cl. The largest absolute Gasteiger partial charge is 0.485 e. The van der Waals surface area contributed by atoms with Crippen LogP contribution in [0.2, 0.25) is 5.02 Å². The van der Waals surface area contributed by atoms with Gasteiger partial charge in [0.2, 0.25) is 0 Å². The van der Waals surface area contributed by atoms with Crippen LogP contribution in [0.15, 0.2) is 18.2 Å². The van der Waals surface area contributed by atoms with Crippen LogP contribution in [-0.2, 0) is 0 Å². The van der Waals surface area contributed by atoms with E-state index < -0.39 is 5.82 Å². The lowest BCUT2D eigenvalue weighted by molar-refractivity contribution is -0.0737. The Balaban J connectivity index is 2.20. The fourth-order valence-electron chi connectivity index (χ4n) is 2.91. The van der Waals surface area contributed by atoms with Gasteiger partial charge in [0.25, 0.3) is 0 Å². The summed E-state index contributed by atoms with van der Waals surface area (Å²) in [6, 6.07) is 4.70. The highest BCUT2D eigenvalue weighted by atomic mass is 35.5. The van der Waals surface area contributed by atoms with Gasteiger partial charge in [-0.25, -0.2) is 4.39 Å². The molecule has 1 aromatic carbocycles. The fourth-order valence-corrected chi connectivity index (χ4v) is 3.12. The zero-order valence-corrected chi connectivity index (χ0v) is 11.5. The summed E-state index contributed by atoms with van der Waals surface area (Å²) in [5, 5.41) is 0.316. The van der Waals surface area contributed by atoms with Gasteiger partial charge in [-0.3, -0.25) is 0 Å². The van der Waals surface area contributed by atoms with Crippen LogP contribution in [0.3, 0.4) is 0 Å². The van der Waals surface area contributed by atoms with Crippen molar-refractivity contribution in [3.63, 3.8) is 0 Å². The van der Waals surface area contributed by atoms with E-state index in [2.05, 4.69) is 13.8 Å². The van der Waals surface area contributed by atoms with Crippen molar-refractivity contribution in [2.24, 2.45) is 11.1 Å². The standard InChI is InChI=1S/C14H19ClFNO/c1-3-14(4-2)11(17)8-12(14)18-13-9(15)6-5-7-10(13)16/h5-7,11-12H,3-4,8,17H2,1-2H3. The molecule has 2 nitrogen and oxygen atoms in total. The van der Waals surface area contributed by atoms with Crippen LogP contribution >= 0.6 is 11.6 Å². The molecule has 2 rings (SSSR count). The van der Waals surface area contributed by atoms with Gasteiger partial charge in [-0.05, 0) is 25.0 Å². The van der Waals surface area contributed by atoms with Crippen LogP contribution in [0, 0.1) is 11.2 Å². The number of hydrogen-bond donors (Lipinski definition) is 1. The lowest BCUT2D eigenvalue weighted by Gasteiger charge is -2.53. The van der Waals surface area contributed by atoms with E-state index >= 15 is 0 Å². The first-order valence-corrected chi connectivity index (χ1v) is 6.79. The van der Waals surface area contributed by atoms with Crippen LogP contribution in [0.5, 0.6) is 5.75 Å². The molecule has 18 heavy (non-hydrogen) atoms. The molecule has 0 aromatic heterocycles. The molecule has 1 saturated carbocycles. The third-order valence-corrected chi connectivity index (χ3v) is 4.64. The van der Waals surface area contributed by atoms with Gasteiger partial charge in [-0.2, -0.15) is 0 Å². The molecule has 2 unspecified atom stereocenters. The van der Waals surface area contributed by atoms with Gasteiger partial charge >= 0.3 is 0 Å². The number of hydrogen-bond acceptors (Lipinski definition) is 2. The molecule has 0 aliphatic heterocycles. The maximum atomic E-state index is 13.7. The Kier molecular flexibility index (Phi) is 3.83. The summed E-state index contributed by atoms with van der Waals surface area (Å²) in [5.74, 6) is -0.258. The maximum Gasteiger partial charge on any atom is 0.173 e. The van der Waals surface area contributed by atoms with E-state index in [-0.39, 0.29) is 23.3 Å². The topological polar surface area (TPSA) is 35.2 Å². The summed E-state index contributed by atoms with van der Waals surface area (Å²) in [7, 11) is 0. The summed E-state index contributed by atoms with van der Waals surface area (Å²) < 4.78 is 19.5. The molecular formula is C14H19ClFNO. The summed E-state index contributed by atoms with van der Waals surface area (Å²) >= 11 is 5.97. The van der Waals surface area contributed by atoms with Crippen molar-refractivity contribution in [1.82, 2.24) is 0 Å². The minimum atomic E-state index is -0.413. The molecule has 2 N–H and O–H groups in total. The minimum absolute atomic E-state index is 0.0445. The molecule has 0 bridgehead atoms. The monoisotopic (exact) mass is 271 g/mol. The molecule has 1 aromatic rings. The first-order valence-electron chi connectivity index (χ1n) is 6.41. The van der Waals surface area contributed by atoms with E-state index in [1.807, 2.05) is 0 Å². The number of para-hydroxylation sites is 1. The third kappa shape index (κ3) is 1.99. The highest BCUT2D eigenvalue weighted by Gasteiger charge is 2.52. The molecule has 1 aliphatic carbocycles. The molecule has 100 valence electrons.